The second-order valence-corrected chi connectivity index (χ2v) is 4.80. The van der Waals surface area contributed by atoms with E-state index in [1.165, 1.54) is 5.56 Å². The first-order valence-electron chi connectivity index (χ1n) is 5.34. The van der Waals surface area contributed by atoms with Gasteiger partial charge >= 0.3 is 0 Å². The van der Waals surface area contributed by atoms with Gasteiger partial charge in [-0.05, 0) is 41.8 Å². The van der Waals surface area contributed by atoms with E-state index >= 15 is 0 Å². The first kappa shape index (κ1) is 12.2. The van der Waals surface area contributed by atoms with Crippen LogP contribution in [0, 0.1) is 6.92 Å². The molecule has 0 aliphatic carbocycles. The fourth-order valence-electron chi connectivity index (χ4n) is 1.88. The number of pyridine rings is 1. The van der Waals surface area contributed by atoms with Crippen molar-refractivity contribution in [3.8, 4) is 0 Å². The van der Waals surface area contributed by atoms with Crippen LogP contribution >= 0.6 is 15.9 Å². The Kier molecular flexibility index (Phi) is 3.89. The summed E-state index contributed by atoms with van der Waals surface area (Å²) in [6, 6.07) is 10.1. The molecule has 2 rings (SSSR count). The van der Waals surface area contributed by atoms with Crippen molar-refractivity contribution in [2.75, 3.05) is 0 Å². The maximum atomic E-state index is 5.65. The molecule has 3 N–H and O–H groups in total. The molecule has 3 nitrogen and oxygen atoms in total. The lowest BCUT2D eigenvalue weighted by molar-refractivity contribution is 0.631. The summed E-state index contributed by atoms with van der Waals surface area (Å²) >= 11 is 3.46. The van der Waals surface area contributed by atoms with Crippen LogP contribution in [0.4, 0.5) is 0 Å². The second kappa shape index (κ2) is 5.40. The average Bonchev–Trinajstić information content (AvgIpc) is 2.34. The van der Waals surface area contributed by atoms with E-state index in [1.54, 1.807) is 6.20 Å². The van der Waals surface area contributed by atoms with Crippen LogP contribution < -0.4 is 11.3 Å². The van der Waals surface area contributed by atoms with Crippen molar-refractivity contribution >= 4 is 15.9 Å². The van der Waals surface area contributed by atoms with Gasteiger partial charge in [-0.3, -0.25) is 10.8 Å². The van der Waals surface area contributed by atoms with Gasteiger partial charge in [0.15, 0.2) is 0 Å². The molecule has 2 aromatic rings. The summed E-state index contributed by atoms with van der Waals surface area (Å²) < 4.78 is 1.07. The number of benzene rings is 1. The van der Waals surface area contributed by atoms with E-state index in [0.717, 1.165) is 15.6 Å². The second-order valence-electron chi connectivity index (χ2n) is 3.89. The number of hydrogen-bond donors (Lipinski definition) is 2. The number of nitrogens with one attached hydrogen (secondary N) is 1. The first-order chi connectivity index (χ1) is 8.22. The molecule has 0 fully saturated rings. The summed E-state index contributed by atoms with van der Waals surface area (Å²) in [4.78, 5) is 4.12. The minimum Gasteiger partial charge on any atom is -0.271 e. The monoisotopic (exact) mass is 291 g/mol. The highest BCUT2D eigenvalue weighted by Gasteiger charge is 2.14. The Morgan fingerprint density at radius 3 is 2.76 bits per heavy atom. The number of aromatic nitrogens is 1. The average molecular weight is 292 g/mol. The molecule has 1 heterocycles. The molecule has 17 heavy (non-hydrogen) atoms. The van der Waals surface area contributed by atoms with E-state index in [4.69, 9.17) is 5.84 Å². The van der Waals surface area contributed by atoms with E-state index in [9.17, 15) is 0 Å². The zero-order chi connectivity index (χ0) is 12.3. The molecule has 0 bridgehead atoms. The van der Waals surface area contributed by atoms with Gasteiger partial charge < -0.3 is 0 Å². The fourth-order valence-corrected chi connectivity index (χ4v) is 2.35. The quantitative estimate of drug-likeness (QED) is 0.675. The summed E-state index contributed by atoms with van der Waals surface area (Å²) in [5, 5.41) is 0. The molecule has 0 radical (unpaired) electrons. The zero-order valence-electron chi connectivity index (χ0n) is 9.52. The molecule has 0 saturated heterocycles. The number of halogens is 1. The smallest absolute Gasteiger partial charge is 0.0727 e. The third-order valence-electron chi connectivity index (χ3n) is 2.73. The Labute approximate surface area is 109 Å². The number of rotatable bonds is 3. The van der Waals surface area contributed by atoms with Crippen molar-refractivity contribution in [2.45, 2.75) is 13.0 Å². The highest BCUT2D eigenvalue weighted by Crippen LogP contribution is 2.25. The predicted molar refractivity (Wildman–Crippen MR) is 72.3 cm³/mol. The van der Waals surface area contributed by atoms with Crippen LogP contribution in [0.3, 0.4) is 0 Å². The van der Waals surface area contributed by atoms with Crippen molar-refractivity contribution in [1.82, 2.24) is 10.4 Å². The highest BCUT2D eigenvalue weighted by molar-refractivity contribution is 9.10. The summed E-state index contributed by atoms with van der Waals surface area (Å²) in [7, 11) is 0. The number of aryl methyl sites for hydroxylation is 1. The maximum Gasteiger partial charge on any atom is 0.0727 e. The SMILES string of the molecule is Cc1cc(Br)ccc1C(NN)c1cccnc1. The molecule has 1 aromatic carbocycles. The van der Waals surface area contributed by atoms with Gasteiger partial charge in [-0.1, -0.05) is 28.1 Å². The number of hydrogen-bond acceptors (Lipinski definition) is 3. The number of nitrogens with two attached hydrogens (primary N) is 1. The Morgan fingerprint density at radius 1 is 1.35 bits per heavy atom. The van der Waals surface area contributed by atoms with E-state index in [0.29, 0.717) is 0 Å². The standard InChI is InChI=1S/C13H14BrN3/c1-9-7-11(14)4-5-12(9)13(17-15)10-3-2-6-16-8-10/h2-8,13,17H,15H2,1H3. The van der Waals surface area contributed by atoms with Crippen LogP contribution in [0.1, 0.15) is 22.7 Å². The molecule has 1 unspecified atom stereocenters. The van der Waals surface area contributed by atoms with Crippen LogP contribution in [0.15, 0.2) is 47.2 Å². The molecule has 1 atom stereocenters. The zero-order valence-corrected chi connectivity index (χ0v) is 11.1. The summed E-state index contributed by atoms with van der Waals surface area (Å²) in [5.41, 5.74) is 6.24. The van der Waals surface area contributed by atoms with Crippen LogP contribution in [0.2, 0.25) is 0 Å². The normalized spacial score (nSPS) is 12.4. The fraction of sp³-hybridized carbons (Fsp3) is 0.154. The molecule has 0 saturated carbocycles. The lowest BCUT2D eigenvalue weighted by Gasteiger charge is -2.18. The minimum absolute atomic E-state index is 0.0307. The lowest BCUT2D eigenvalue weighted by Crippen LogP contribution is -2.29. The van der Waals surface area contributed by atoms with Crippen LogP contribution in [0.5, 0.6) is 0 Å². The van der Waals surface area contributed by atoms with Gasteiger partial charge in [-0.25, -0.2) is 5.43 Å². The summed E-state index contributed by atoms with van der Waals surface area (Å²) in [6.07, 6.45) is 3.58. The van der Waals surface area contributed by atoms with Crippen LogP contribution in [-0.2, 0) is 0 Å². The maximum absolute atomic E-state index is 5.65. The Balaban J connectivity index is 2.42. The molecule has 4 heteroatoms. The molecule has 0 amide bonds. The van der Waals surface area contributed by atoms with Crippen LogP contribution in [-0.4, -0.2) is 4.98 Å². The number of hydrazine groups is 1. The van der Waals surface area contributed by atoms with Gasteiger partial charge in [-0.15, -0.1) is 0 Å². The third kappa shape index (κ3) is 2.72. The molecule has 0 spiro atoms. The van der Waals surface area contributed by atoms with Crippen molar-refractivity contribution in [2.24, 2.45) is 5.84 Å². The van der Waals surface area contributed by atoms with Crippen molar-refractivity contribution in [3.05, 3.63) is 63.9 Å². The van der Waals surface area contributed by atoms with Crippen molar-refractivity contribution in [3.63, 3.8) is 0 Å². The van der Waals surface area contributed by atoms with Gasteiger partial charge in [0, 0.05) is 16.9 Å². The molecular weight excluding hydrogens is 278 g/mol. The lowest BCUT2D eigenvalue weighted by atomic mass is 9.97. The van der Waals surface area contributed by atoms with Gasteiger partial charge in [0.25, 0.3) is 0 Å². The largest absolute Gasteiger partial charge is 0.271 e. The minimum atomic E-state index is -0.0307. The topological polar surface area (TPSA) is 50.9 Å². The Hall–Kier alpha value is -1.23. The van der Waals surface area contributed by atoms with Crippen LogP contribution in [0.25, 0.3) is 0 Å². The van der Waals surface area contributed by atoms with E-state index in [1.807, 2.05) is 24.4 Å². The van der Waals surface area contributed by atoms with E-state index in [2.05, 4.69) is 45.4 Å². The molecule has 0 aliphatic heterocycles. The first-order valence-corrected chi connectivity index (χ1v) is 6.14. The molecule has 1 aromatic heterocycles. The molecular formula is C13H14BrN3. The predicted octanol–water partition coefficient (Wildman–Crippen LogP) is 2.71. The van der Waals surface area contributed by atoms with E-state index < -0.39 is 0 Å². The Morgan fingerprint density at radius 2 is 2.18 bits per heavy atom. The van der Waals surface area contributed by atoms with E-state index in [-0.39, 0.29) is 6.04 Å². The third-order valence-corrected chi connectivity index (χ3v) is 3.22. The van der Waals surface area contributed by atoms with Gasteiger partial charge in [0.1, 0.15) is 0 Å². The van der Waals surface area contributed by atoms with Crippen molar-refractivity contribution < 1.29 is 0 Å². The van der Waals surface area contributed by atoms with Crippen molar-refractivity contribution in [1.29, 1.82) is 0 Å². The summed E-state index contributed by atoms with van der Waals surface area (Å²) in [6.45, 7) is 2.07. The number of nitrogens with zero attached hydrogens (tertiary/aromatic N) is 1. The Bertz CT molecular complexity index is 499. The molecule has 0 aliphatic rings. The van der Waals surface area contributed by atoms with Gasteiger partial charge in [0.05, 0.1) is 6.04 Å². The van der Waals surface area contributed by atoms with Gasteiger partial charge in [-0.2, -0.15) is 0 Å². The van der Waals surface area contributed by atoms with Gasteiger partial charge in [0.2, 0.25) is 0 Å². The molecule has 88 valence electrons. The summed E-state index contributed by atoms with van der Waals surface area (Å²) in [5.74, 6) is 5.65. The highest BCUT2D eigenvalue weighted by atomic mass is 79.9.